The highest BCUT2D eigenvalue weighted by atomic mass is 15.1. The van der Waals surface area contributed by atoms with Gasteiger partial charge in [-0.25, -0.2) is 4.98 Å². The Balaban J connectivity index is 1.63. The number of benzene rings is 2. The summed E-state index contributed by atoms with van der Waals surface area (Å²) in [7, 11) is 0. The lowest BCUT2D eigenvalue weighted by atomic mass is 10.0. The average molecular weight is 327 g/mol. The first-order chi connectivity index (χ1) is 12.3. The van der Waals surface area contributed by atoms with Gasteiger partial charge in [-0.15, -0.1) is 0 Å². The van der Waals surface area contributed by atoms with Crippen LogP contribution in [-0.2, 0) is 6.54 Å². The lowest BCUT2D eigenvalue weighted by Crippen LogP contribution is -2.28. The van der Waals surface area contributed by atoms with Crippen LogP contribution in [0.15, 0.2) is 54.6 Å². The number of rotatable bonds is 3. The van der Waals surface area contributed by atoms with E-state index in [1.165, 1.54) is 37.9 Å². The second-order valence-electron chi connectivity index (χ2n) is 6.72. The largest absolute Gasteiger partial charge is 0.299 e. The quantitative estimate of drug-likeness (QED) is 0.696. The Morgan fingerprint density at radius 3 is 2.48 bits per heavy atom. The zero-order valence-corrected chi connectivity index (χ0v) is 14.3. The molecule has 2 aromatic carbocycles. The number of pyridine rings is 1. The minimum Gasteiger partial charge on any atom is -0.299 e. The molecule has 3 aromatic rings. The molecule has 4 rings (SSSR count). The highest BCUT2D eigenvalue weighted by Gasteiger charge is 2.12. The van der Waals surface area contributed by atoms with Gasteiger partial charge in [0.2, 0.25) is 0 Å². The Bertz CT molecular complexity index is 916. The predicted molar refractivity (Wildman–Crippen MR) is 101 cm³/mol. The van der Waals surface area contributed by atoms with E-state index in [1.54, 1.807) is 0 Å². The number of aromatic nitrogens is 1. The van der Waals surface area contributed by atoms with Gasteiger partial charge in [0.05, 0.1) is 16.8 Å². The number of nitriles is 1. The number of likely N-dealkylation sites (tertiary alicyclic amines) is 1. The summed E-state index contributed by atoms with van der Waals surface area (Å²) in [6.45, 7) is 3.41. The van der Waals surface area contributed by atoms with Crippen molar-refractivity contribution in [3.8, 4) is 17.3 Å². The number of nitrogens with zero attached hydrogens (tertiary/aromatic N) is 3. The van der Waals surface area contributed by atoms with Crippen molar-refractivity contribution in [1.82, 2.24) is 9.88 Å². The van der Waals surface area contributed by atoms with Gasteiger partial charge in [-0.05, 0) is 43.6 Å². The van der Waals surface area contributed by atoms with E-state index in [4.69, 9.17) is 4.98 Å². The fraction of sp³-hybridized carbons (Fsp3) is 0.273. The van der Waals surface area contributed by atoms with Crippen molar-refractivity contribution in [2.45, 2.75) is 25.8 Å². The van der Waals surface area contributed by atoms with Crippen molar-refractivity contribution in [2.24, 2.45) is 0 Å². The third-order valence-electron chi connectivity index (χ3n) is 4.93. The van der Waals surface area contributed by atoms with Crippen LogP contribution >= 0.6 is 0 Å². The van der Waals surface area contributed by atoms with Crippen molar-refractivity contribution in [1.29, 1.82) is 5.26 Å². The number of hydrogen-bond donors (Lipinski definition) is 0. The first kappa shape index (κ1) is 15.8. The molecule has 1 saturated heterocycles. The number of fused-ring (bicyclic) bond motifs is 1. The number of piperidine rings is 1. The van der Waals surface area contributed by atoms with Crippen molar-refractivity contribution >= 4 is 10.9 Å². The van der Waals surface area contributed by atoms with E-state index < -0.39 is 0 Å². The van der Waals surface area contributed by atoms with Crippen molar-refractivity contribution in [2.75, 3.05) is 13.1 Å². The molecular formula is C22H21N3. The summed E-state index contributed by atoms with van der Waals surface area (Å²) in [6.07, 6.45) is 3.98. The molecule has 0 saturated carbocycles. The minimum atomic E-state index is 0.627. The van der Waals surface area contributed by atoms with Gasteiger partial charge in [-0.2, -0.15) is 5.26 Å². The Morgan fingerprint density at radius 1 is 0.960 bits per heavy atom. The fourth-order valence-corrected chi connectivity index (χ4v) is 3.56. The van der Waals surface area contributed by atoms with Crippen LogP contribution in [0.1, 0.15) is 30.4 Å². The van der Waals surface area contributed by atoms with Gasteiger partial charge in [-0.3, -0.25) is 4.90 Å². The van der Waals surface area contributed by atoms with Gasteiger partial charge in [0, 0.05) is 17.5 Å². The topological polar surface area (TPSA) is 39.9 Å². The third kappa shape index (κ3) is 3.40. The van der Waals surface area contributed by atoms with Crippen molar-refractivity contribution in [3.05, 3.63) is 65.7 Å². The molecule has 1 fully saturated rings. The van der Waals surface area contributed by atoms with E-state index in [0.717, 1.165) is 28.7 Å². The average Bonchev–Trinajstić information content (AvgIpc) is 2.68. The normalized spacial score (nSPS) is 15.2. The molecule has 0 spiro atoms. The van der Waals surface area contributed by atoms with Gasteiger partial charge in [-0.1, -0.05) is 48.9 Å². The van der Waals surface area contributed by atoms with E-state index in [0.29, 0.717) is 5.56 Å². The van der Waals surface area contributed by atoms with Gasteiger partial charge < -0.3 is 0 Å². The summed E-state index contributed by atoms with van der Waals surface area (Å²) >= 11 is 0. The van der Waals surface area contributed by atoms with Gasteiger partial charge >= 0.3 is 0 Å². The zero-order chi connectivity index (χ0) is 17.1. The molecular weight excluding hydrogens is 306 g/mol. The summed E-state index contributed by atoms with van der Waals surface area (Å²) in [5, 5.41) is 10.5. The molecule has 1 aliphatic heterocycles. The van der Waals surface area contributed by atoms with Crippen LogP contribution in [-0.4, -0.2) is 23.0 Å². The number of para-hydroxylation sites is 1. The number of hydrogen-bond acceptors (Lipinski definition) is 3. The highest BCUT2D eigenvalue weighted by molar-refractivity contribution is 5.84. The maximum absolute atomic E-state index is 9.51. The van der Waals surface area contributed by atoms with Crippen molar-refractivity contribution in [3.63, 3.8) is 0 Å². The molecule has 3 nitrogen and oxygen atoms in total. The molecule has 3 heteroatoms. The summed E-state index contributed by atoms with van der Waals surface area (Å²) in [5.74, 6) is 0. The maximum atomic E-state index is 9.51. The van der Waals surface area contributed by atoms with Gasteiger partial charge in [0.25, 0.3) is 0 Å². The predicted octanol–water partition coefficient (Wildman–Crippen LogP) is 4.76. The van der Waals surface area contributed by atoms with Crippen LogP contribution in [0.5, 0.6) is 0 Å². The molecule has 0 radical (unpaired) electrons. The third-order valence-corrected chi connectivity index (χ3v) is 4.93. The molecule has 0 aliphatic carbocycles. The summed E-state index contributed by atoms with van der Waals surface area (Å²) in [6, 6.07) is 20.7. The molecule has 0 unspecified atom stereocenters. The molecule has 0 N–H and O–H groups in total. The van der Waals surface area contributed by atoms with E-state index in [1.807, 2.05) is 30.3 Å². The molecule has 0 bridgehead atoms. The van der Waals surface area contributed by atoms with E-state index in [2.05, 4.69) is 35.2 Å². The molecule has 1 aromatic heterocycles. The molecule has 0 amide bonds. The van der Waals surface area contributed by atoms with Crippen LogP contribution in [0, 0.1) is 11.3 Å². The van der Waals surface area contributed by atoms with Crippen molar-refractivity contribution < 1.29 is 0 Å². The van der Waals surface area contributed by atoms with E-state index >= 15 is 0 Å². The zero-order valence-electron chi connectivity index (χ0n) is 14.3. The Morgan fingerprint density at radius 2 is 1.72 bits per heavy atom. The smallest absolute Gasteiger partial charge is 0.101 e. The molecule has 124 valence electrons. The summed E-state index contributed by atoms with van der Waals surface area (Å²) in [4.78, 5) is 7.25. The van der Waals surface area contributed by atoms with Crippen LogP contribution < -0.4 is 0 Å². The van der Waals surface area contributed by atoms with Gasteiger partial charge in [0.15, 0.2) is 0 Å². The van der Waals surface area contributed by atoms with Crippen LogP contribution in [0.3, 0.4) is 0 Å². The first-order valence-corrected chi connectivity index (χ1v) is 8.95. The van der Waals surface area contributed by atoms with E-state index in [9.17, 15) is 5.26 Å². The van der Waals surface area contributed by atoms with Crippen LogP contribution in [0.4, 0.5) is 0 Å². The monoisotopic (exact) mass is 327 g/mol. The van der Waals surface area contributed by atoms with Crippen LogP contribution in [0.2, 0.25) is 0 Å². The SMILES string of the molecule is N#Cc1cc2ccccc2nc1-c1ccc(CN2CCCCC2)cc1. The van der Waals surface area contributed by atoms with Gasteiger partial charge in [0.1, 0.15) is 6.07 Å². The Kier molecular flexibility index (Phi) is 4.45. The fourth-order valence-electron chi connectivity index (χ4n) is 3.56. The highest BCUT2D eigenvalue weighted by Crippen LogP contribution is 2.26. The second kappa shape index (κ2) is 7.04. The first-order valence-electron chi connectivity index (χ1n) is 8.95. The second-order valence-corrected chi connectivity index (χ2v) is 6.72. The van der Waals surface area contributed by atoms with Crippen LogP contribution in [0.25, 0.3) is 22.2 Å². The maximum Gasteiger partial charge on any atom is 0.101 e. The Labute approximate surface area is 148 Å². The van der Waals surface area contributed by atoms with E-state index in [-0.39, 0.29) is 0 Å². The lowest BCUT2D eigenvalue weighted by molar-refractivity contribution is 0.221. The molecule has 2 heterocycles. The lowest BCUT2D eigenvalue weighted by Gasteiger charge is -2.26. The molecule has 0 atom stereocenters. The minimum absolute atomic E-state index is 0.627. The molecule has 25 heavy (non-hydrogen) atoms. The molecule has 1 aliphatic rings. The summed E-state index contributed by atoms with van der Waals surface area (Å²) in [5.41, 5.74) is 4.65. The summed E-state index contributed by atoms with van der Waals surface area (Å²) < 4.78 is 0. The Hall–Kier alpha value is -2.70. The standard InChI is InChI=1S/C22H21N3/c23-15-20-14-19-6-2-3-7-21(19)24-22(20)18-10-8-17(9-11-18)16-25-12-4-1-5-13-25/h2-3,6-11,14H,1,4-5,12-13,16H2.